The molecule has 1 atom stereocenters. The van der Waals surface area contributed by atoms with Crippen molar-refractivity contribution in [3.05, 3.63) is 47.1 Å². The number of hydrogen-bond acceptors (Lipinski definition) is 6. The normalized spacial score (nSPS) is 19.2. The number of aryl methyl sites for hydroxylation is 1. The molecule has 2 N–H and O–H groups in total. The number of piperazine rings is 1. The van der Waals surface area contributed by atoms with Crippen molar-refractivity contribution in [1.82, 2.24) is 14.8 Å². The van der Waals surface area contributed by atoms with Gasteiger partial charge < -0.3 is 20.2 Å². The number of nitrogens with one attached hydrogen (secondary N) is 1. The largest absolute Gasteiger partial charge is 0.506 e. The molecular formula is C23H28ClN5O3. The van der Waals surface area contributed by atoms with Crippen molar-refractivity contribution in [2.75, 3.05) is 56.0 Å². The Labute approximate surface area is 192 Å². The summed E-state index contributed by atoms with van der Waals surface area (Å²) in [6, 6.07) is 10.6. The van der Waals surface area contributed by atoms with Crippen molar-refractivity contribution in [2.45, 2.75) is 13.3 Å². The molecule has 2 fully saturated rings. The van der Waals surface area contributed by atoms with Crippen LogP contribution in [-0.2, 0) is 9.59 Å². The third kappa shape index (κ3) is 5.31. The summed E-state index contributed by atoms with van der Waals surface area (Å²) < 4.78 is 0. The van der Waals surface area contributed by atoms with E-state index in [0.29, 0.717) is 44.8 Å². The van der Waals surface area contributed by atoms with Crippen LogP contribution < -0.4 is 10.2 Å². The molecule has 170 valence electrons. The number of phenolic OH excluding ortho intramolecular Hbond substituents is 1. The third-order valence-corrected chi connectivity index (χ3v) is 6.35. The lowest BCUT2D eigenvalue weighted by molar-refractivity contribution is -0.132. The van der Waals surface area contributed by atoms with Gasteiger partial charge in [-0.1, -0.05) is 17.7 Å². The topological polar surface area (TPSA) is 89.0 Å². The average molecular weight is 458 g/mol. The maximum Gasteiger partial charge on any atom is 0.236 e. The number of rotatable bonds is 5. The Balaban J connectivity index is 1.23. The lowest BCUT2D eigenvalue weighted by Crippen LogP contribution is -2.51. The smallest absolute Gasteiger partial charge is 0.236 e. The highest BCUT2D eigenvalue weighted by Crippen LogP contribution is 2.27. The SMILES string of the molecule is Cc1cccc(N2CCN(C(=O)CN3CC[C@@H](C(=O)Nc4ccc(O)c(Cl)c4)C3)CC2)n1. The molecule has 2 saturated heterocycles. The van der Waals surface area contributed by atoms with Gasteiger partial charge in [-0.15, -0.1) is 0 Å². The van der Waals surface area contributed by atoms with E-state index < -0.39 is 0 Å². The fourth-order valence-corrected chi connectivity index (χ4v) is 4.38. The number of anilines is 2. The van der Waals surface area contributed by atoms with E-state index in [0.717, 1.165) is 24.6 Å². The molecule has 0 unspecified atom stereocenters. The minimum Gasteiger partial charge on any atom is -0.506 e. The maximum atomic E-state index is 12.8. The Morgan fingerprint density at radius 1 is 1.16 bits per heavy atom. The predicted molar refractivity (Wildman–Crippen MR) is 124 cm³/mol. The summed E-state index contributed by atoms with van der Waals surface area (Å²) in [7, 11) is 0. The second kappa shape index (κ2) is 9.75. The summed E-state index contributed by atoms with van der Waals surface area (Å²) in [6.45, 7) is 6.46. The van der Waals surface area contributed by atoms with Gasteiger partial charge in [-0.3, -0.25) is 14.5 Å². The van der Waals surface area contributed by atoms with Crippen molar-refractivity contribution in [2.24, 2.45) is 5.92 Å². The number of carbonyl (C=O) groups excluding carboxylic acids is 2. The van der Waals surface area contributed by atoms with Crippen LogP contribution in [-0.4, -0.2) is 77.5 Å². The van der Waals surface area contributed by atoms with E-state index in [4.69, 9.17) is 11.6 Å². The molecule has 2 amide bonds. The van der Waals surface area contributed by atoms with E-state index in [2.05, 4.69) is 15.2 Å². The Bertz CT molecular complexity index is 993. The molecule has 0 aliphatic carbocycles. The molecule has 9 heteroatoms. The van der Waals surface area contributed by atoms with Gasteiger partial charge in [0.25, 0.3) is 0 Å². The summed E-state index contributed by atoms with van der Waals surface area (Å²) in [5, 5.41) is 12.5. The fourth-order valence-electron chi connectivity index (χ4n) is 4.20. The average Bonchev–Trinajstić information content (AvgIpc) is 3.25. The van der Waals surface area contributed by atoms with Crippen LogP contribution in [0, 0.1) is 12.8 Å². The number of aromatic hydroxyl groups is 1. The molecule has 0 spiro atoms. The second-order valence-electron chi connectivity index (χ2n) is 8.38. The minimum absolute atomic E-state index is 0.0220. The van der Waals surface area contributed by atoms with E-state index in [1.807, 2.05) is 34.9 Å². The molecule has 1 aromatic carbocycles. The molecule has 2 aromatic rings. The van der Waals surface area contributed by atoms with Crippen molar-refractivity contribution in [1.29, 1.82) is 0 Å². The number of benzene rings is 1. The summed E-state index contributed by atoms with van der Waals surface area (Å²) in [4.78, 5) is 36.1. The molecule has 4 rings (SSSR count). The first-order chi connectivity index (χ1) is 15.4. The Morgan fingerprint density at radius 2 is 1.94 bits per heavy atom. The third-order valence-electron chi connectivity index (χ3n) is 6.05. The quantitative estimate of drug-likeness (QED) is 0.670. The van der Waals surface area contributed by atoms with Gasteiger partial charge in [-0.25, -0.2) is 4.98 Å². The van der Waals surface area contributed by atoms with Gasteiger partial charge in [-0.2, -0.15) is 0 Å². The van der Waals surface area contributed by atoms with Crippen LogP contribution in [0.15, 0.2) is 36.4 Å². The standard InChI is InChI=1S/C23H28ClN5O3/c1-16-3-2-4-21(25-16)28-9-11-29(12-10-28)22(31)15-27-8-7-17(14-27)23(32)26-18-5-6-20(30)19(24)13-18/h2-6,13,17,30H,7-12,14-15H2,1H3,(H,26,32)/t17-/m1/s1. The van der Waals surface area contributed by atoms with Crippen molar-refractivity contribution < 1.29 is 14.7 Å². The lowest BCUT2D eigenvalue weighted by Gasteiger charge is -2.36. The van der Waals surface area contributed by atoms with Crippen LogP contribution in [0.1, 0.15) is 12.1 Å². The Morgan fingerprint density at radius 3 is 2.66 bits per heavy atom. The number of nitrogens with zero attached hydrogens (tertiary/aromatic N) is 4. The number of carbonyl (C=O) groups is 2. The Kier molecular flexibility index (Phi) is 6.81. The van der Waals surface area contributed by atoms with E-state index in [1.54, 1.807) is 6.07 Å². The lowest BCUT2D eigenvalue weighted by atomic mass is 10.1. The molecule has 2 aliphatic heterocycles. The van der Waals surface area contributed by atoms with E-state index in [9.17, 15) is 14.7 Å². The zero-order valence-electron chi connectivity index (χ0n) is 18.1. The van der Waals surface area contributed by atoms with Crippen molar-refractivity contribution in [3.8, 4) is 5.75 Å². The van der Waals surface area contributed by atoms with Crippen LogP contribution in [0.25, 0.3) is 0 Å². The first-order valence-electron chi connectivity index (χ1n) is 10.9. The van der Waals surface area contributed by atoms with Crippen LogP contribution in [0.2, 0.25) is 5.02 Å². The number of likely N-dealkylation sites (tertiary alicyclic amines) is 1. The number of pyridine rings is 1. The van der Waals surface area contributed by atoms with Crippen LogP contribution in [0.4, 0.5) is 11.5 Å². The highest BCUT2D eigenvalue weighted by molar-refractivity contribution is 6.32. The second-order valence-corrected chi connectivity index (χ2v) is 8.79. The molecule has 0 radical (unpaired) electrons. The summed E-state index contributed by atoms with van der Waals surface area (Å²) in [6.07, 6.45) is 0.706. The molecular weight excluding hydrogens is 430 g/mol. The fraction of sp³-hybridized carbons (Fsp3) is 0.435. The summed E-state index contributed by atoms with van der Waals surface area (Å²) in [5.41, 5.74) is 1.54. The molecule has 1 aromatic heterocycles. The summed E-state index contributed by atoms with van der Waals surface area (Å²) in [5.74, 6) is 0.764. The zero-order valence-corrected chi connectivity index (χ0v) is 18.9. The van der Waals surface area contributed by atoms with Gasteiger partial charge in [0.15, 0.2) is 0 Å². The predicted octanol–water partition coefficient (Wildman–Crippen LogP) is 2.36. The maximum absolute atomic E-state index is 12.8. The van der Waals surface area contributed by atoms with Crippen molar-refractivity contribution >= 4 is 34.9 Å². The number of hydrogen-bond donors (Lipinski definition) is 2. The first-order valence-corrected chi connectivity index (χ1v) is 11.2. The van der Waals surface area contributed by atoms with Gasteiger partial charge in [0.1, 0.15) is 11.6 Å². The zero-order chi connectivity index (χ0) is 22.7. The van der Waals surface area contributed by atoms with Crippen molar-refractivity contribution in [3.63, 3.8) is 0 Å². The van der Waals surface area contributed by atoms with Gasteiger partial charge >= 0.3 is 0 Å². The highest BCUT2D eigenvalue weighted by atomic mass is 35.5. The molecule has 32 heavy (non-hydrogen) atoms. The Hall–Kier alpha value is -2.84. The monoisotopic (exact) mass is 457 g/mol. The number of amides is 2. The number of halogens is 1. The van der Waals surface area contributed by atoms with E-state index in [1.165, 1.54) is 12.1 Å². The van der Waals surface area contributed by atoms with Crippen LogP contribution in [0.5, 0.6) is 5.75 Å². The molecule has 8 nitrogen and oxygen atoms in total. The summed E-state index contributed by atoms with van der Waals surface area (Å²) >= 11 is 5.90. The van der Waals surface area contributed by atoms with Gasteiger partial charge in [-0.05, 0) is 50.2 Å². The van der Waals surface area contributed by atoms with Crippen LogP contribution in [0.3, 0.4) is 0 Å². The molecule has 0 bridgehead atoms. The molecule has 2 aliphatic rings. The van der Waals surface area contributed by atoms with Gasteiger partial charge in [0.2, 0.25) is 11.8 Å². The van der Waals surface area contributed by atoms with Gasteiger partial charge in [0.05, 0.1) is 17.5 Å². The van der Waals surface area contributed by atoms with E-state index in [-0.39, 0.29) is 28.5 Å². The van der Waals surface area contributed by atoms with Crippen LogP contribution >= 0.6 is 11.6 Å². The number of phenols is 1. The van der Waals surface area contributed by atoms with E-state index >= 15 is 0 Å². The minimum atomic E-state index is -0.181. The number of aromatic nitrogens is 1. The molecule has 3 heterocycles. The molecule has 0 saturated carbocycles. The first kappa shape index (κ1) is 22.4. The highest BCUT2D eigenvalue weighted by Gasteiger charge is 2.31. The van der Waals surface area contributed by atoms with Gasteiger partial charge in [0, 0.05) is 44.1 Å².